The first kappa shape index (κ1) is 18.7. The Morgan fingerprint density at radius 2 is 1.79 bits per heavy atom. The number of aliphatic imine (C=N–C) groups is 1. The molecule has 0 heterocycles. The summed E-state index contributed by atoms with van der Waals surface area (Å²) in [7, 11) is 1.65. The highest BCUT2D eigenvalue weighted by Gasteiger charge is 2.26. The van der Waals surface area contributed by atoms with Crippen molar-refractivity contribution in [2.45, 2.75) is 39.0 Å². The van der Waals surface area contributed by atoms with Crippen LogP contribution in [0.2, 0.25) is 0 Å². The second-order valence-electron chi connectivity index (χ2n) is 7.81. The number of nitrogens with zero attached hydrogens (tertiary/aromatic N) is 1. The number of ether oxygens (including phenoxy) is 2. The monoisotopic (exact) mass is 377 g/mol. The van der Waals surface area contributed by atoms with Gasteiger partial charge in [-0.1, -0.05) is 31.2 Å². The van der Waals surface area contributed by atoms with Crippen LogP contribution in [-0.4, -0.2) is 25.2 Å². The molecule has 0 aromatic heterocycles. The van der Waals surface area contributed by atoms with Gasteiger partial charge in [-0.15, -0.1) is 0 Å². The maximum absolute atomic E-state index is 11.8. The van der Waals surface area contributed by atoms with Crippen LogP contribution in [-0.2, 0) is 17.6 Å². The first-order chi connectivity index (χ1) is 13.6. The molecule has 0 N–H and O–H groups in total. The van der Waals surface area contributed by atoms with Gasteiger partial charge >= 0.3 is 0 Å². The molecule has 4 heteroatoms. The first-order valence-electron chi connectivity index (χ1n) is 10.1. The quantitative estimate of drug-likeness (QED) is 0.715. The van der Waals surface area contributed by atoms with Crippen LogP contribution in [0.1, 0.15) is 37.3 Å². The summed E-state index contributed by atoms with van der Waals surface area (Å²) in [5, 5.41) is 0. The second-order valence-corrected chi connectivity index (χ2v) is 7.81. The number of ketones is 1. The van der Waals surface area contributed by atoms with Crippen molar-refractivity contribution in [1.29, 1.82) is 0 Å². The van der Waals surface area contributed by atoms with Crippen molar-refractivity contribution < 1.29 is 14.3 Å². The van der Waals surface area contributed by atoms with E-state index in [2.05, 4.69) is 24.3 Å². The molecule has 1 fully saturated rings. The van der Waals surface area contributed by atoms with Crippen LogP contribution in [0.4, 0.5) is 5.69 Å². The van der Waals surface area contributed by atoms with Crippen molar-refractivity contribution >= 4 is 17.2 Å². The molecule has 2 aliphatic rings. The molecule has 1 saturated carbocycles. The number of carbonyl (C=O) groups is 1. The van der Waals surface area contributed by atoms with Crippen LogP contribution in [0.5, 0.6) is 11.5 Å². The Labute approximate surface area is 166 Å². The number of methoxy groups -OCH3 is 1. The van der Waals surface area contributed by atoms with Gasteiger partial charge < -0.3 is 9.47 Å². The average molecular weight is 377 g/mol. The molecular weight excluding hydrogens is 350 g/mol. The highest BCUT2D eigenvalue weighted by Crippen LogP contribution is 2.34. The van der Waals surface area contributed by atoms with E-state index in [4.69, 9.17) is 14.5 Å². The van der Waals surface area contributed by atoms with Gasteiger partial charge in [-0.25, -0.2) is 0 Å². The molecule has 146 valence electrons. The van der Waals surface area contributed by atoms with Crippen molar-refractivity contribution in [3.05, 3.63) is 53.6 Å². The third-order valence-electron chi connectivity index (χ3n) is 5.95. The van der Waals surface area contributed by atoms with Crippen molar-refractivity contribution in [1.82, 2.24) is 0 Å². The Morgan fingerprint density at radius 3 is 2.43 bits per heavy atom. The smallest absolute Gasteiger partial charge is 0.163 e. The van der Waals surface area contributed by atoms with Crippen LogP contribution < -0.4 is 9.47 Å². The third kappa shape index (κ3) is 3.96. The van der Waals surface area contributed by atoms with Gasteiger partial charge in [0.25, 0.3) is 0 Å². The molecule has 0 spiro atoms. The zero-order chi connectivity index (χ0) is 19.5. The Hall–Kier alpha value is -2.62. The van der Waals surface area contributed by atoms with Gasteiger partial charge in [-0.2, -0.15) is 0 Å². The largest absolute Gasteiger partial charge is 0.493 e. The zero-order valence-electron chi connectivity index (χ0n) is 16.6. The molecule has 1 atom stereocenters. The molecule has 4 nitrogen and oxygen atoms in total. The molecular formula is C24H27NO3. The van der Waals surface area contributed by atoms with Crippen LogP contribution in [0, 0.1) is 11.8 Å². The first-order valence-corrected chi connectivity index (χ1v) is 10.1. The standard InChI is InChI=1S/C24H27NO3/c1-16-21(8-9-22(16)26)25-20-7-10-23(27-2)24(15-20)28-12-11-17-13-18-5-3-4-6-19(18)14-17/h3-7,10,15-17H,8-9,11-14H2,1-2H3. The molecule has 2 aromatic rings. The topological polar surface area (TPSA) is 47.9 Å². The van der Waals surface area contributed by atoms with Crippen molar-refractivity contribution in [3.8, 4) is 11.5 Å². The lowest BCUT2D eigenvalue weighted by molar-refractivity contribution is -0.119. The number of fused-ring (bicyclic) bond motifs is 1. The number of hydrogen-bond acceptors (Lipinski definition) is 4. The fraction of sp³-hybridized carbons (Fsp3) is 0.417. The Morgan fingerprint density at radius 1 is 1.04 bits per heavy atom. The van der Waals surface area contributed by atoms with E-state index >= 15 is 0 Å². The Balaban J connectivity index is 1.40. The van der Waals surface area contributed by atoms with Crippen molar-refractivity contribution in [3.63, 3.8) is 0 Å². The molecule has 2 aromatic carbocycles. The summed E-state index contributed by atoms with van der Waals surface area (Å²) >= 11 is 0. The SMILES string of the molecule is COc1ccc(N=C2CCC(=O)C2C)cc1OCCC1Cc2ccccc2C1. The van der Waals surface area contributed by atoms with Crippen LogP contribution in [0.15, 0.2) is 47.5 Å². The summed E-state index contributed by atoms with van der Waals surface area (Å²) in [6.07, 6.45) is 4.64. The summed E-state index contributed by atoms with van der Waals surface area (Å²) in [4.78, 5) is 16.5. The van der Waals surface area contributed by atoms with E-state index in [1.165, 1.54) is 11.1 Å². The Bertz CT molecular complexity index is 877. The minimum Gasteiger partial charge on any atom is -0.493 e. The van der Waals surface area contributed by atoms with Crippen LogP contribution >= 0.6 is 0 Å². The summed E-state index contributed by atoms with van der Waals surface area (Å²) in [5.41, 5.74) is 4.73. The molecule has 0 amide bonds. The van der Waals surface area contributed by atoms with Crippen LogP contribution in [0.25, 0.3) is 0 Å². The number of benzene rings is 2. The Kier molecular flexibility index (Phi) is 5.47. The number of rotatable bonds is 6. The van der Waals surface area contributed by atoms with E-state index < -0.39 is 0 Å². The second kappa shape index (κ2) is 8.17. The maximum atomic E-state index is 11.8. The van der Waals surface area contributed by atoms with Crippen LogP contribution in [0.3, 0.4) is 0 Å². The van der Waals surface area contributed by atoms with Gasteiger partial charge in [0.05, 0.1) is 25.3 Å². The summed E-state index contributed by atoms with van der Waals surface area (Å²) in [6, 6.07) is 14.4. The lowest BCUT2D eigenvalue weighted by Gasteiger charge is -2.14. The highest BCUT2D eigenvalue weighted by atomic mass is 16.5. The molecule has 2 aliphatic carbocycles. The highest BCUT2D eigenvalue weighted by molar-refractivity contribution is 6.11. The molecule has 0 radical (unpaired) electrons. The summed E-state index contributed by atoms with van der Waals surface area (Å²) < 4.78 is 11.5. The number of Topliss-reactive ketones (excluding diaryl/α,β-unsaturated/α-hetero) is 1. The lowest BCUT2D eigenvalue weighted by atomic mass is 10.0. The normalized spacial score (nSPS) is 20.6. The molecule has 28 heavy (non-hydrogen) atoms. The maximum Gasteiger partial charge on any atom is 0.163 e. The van der Waals surface area contributed by atoms with Gasteiger partial charge in [-0.05, 0) is 54.9 Å². The molecule has 4 rings (SSSR count). The predicted molar refractivity (Wildman–Crippen MR) is 111 cm³/mol. The van der Waals surface area contributed by atoms with Crippen molar-refractivity contribution in [2.75, 3.05) is 13.7 Å². The number of carbonyl (C=O) groups excluding carboxylic acids is 1. The fourth-order valence-electron chi connectivity index (χ4n) is 4.23. The van der Waals surface area contributed by atoms with E-state index in [-0.39, 0.29) is 11.7 Å². The van der Waals surface area contributed by atoms with E-state index in [0.717, 1.165) is 42.8 Å². The average Bonchev–Trinajstić information content (AvgIpc) is 3.26. The lowest BCUT2D eigenvalue weighted by Crippen LogP contribution is -2.09. The molecule has 0 aliphatic heterocycles. The minimum absolute atomic E-state index is 0.0736. The van der Waals surface area contributed by atoms with Crippen molar-refractivity contribution in [2.24, 2.45) is 16.8 Å². The number of hydrogen-bond donors (Lipinski definition) is 0. The zero-order valence-corrected chi connectivity index (χ0v) is 16.6. The van der Waals surface area contributed by atoms with Gasteiger partial charge in [-0.3, -0.25) is 9.79 Å². The van der Waals surface area contributed by atoms with E-state index in [1.807, 2.05) is 25.1 Å². The minimum atomic E-state index is -0.0736. The third-order valence-corrected chi connectivity index (χ3v) is 5.95. The van der Waals surface area contributed by atoms with Gasteiger partial charge in [0, 0.05) is 18.2 Å². The summed E-state index contributed by atoms with van der Waals surface area (Å²) in [6.45, 7) is 2.60. The van der Waals surface area contributed by atoms with Gasteiger partial charge in [0.1, 0.15) is 5.78 Å². The van der Waals surface area contributed by atoms with E-state index in [0.29, 0.717) is 24.7 Å². The molecule has 0 saturated heterocycles. The van der Waals surface area contributed by atoms with Gasteiger partial charge in [0.15, 0.2) is 11.5 Å². The summed E-state index contributed by atoms with van der Waals surface area (Å²) in [5.74, 6) is 2.28. The molecule has 0 bridgehead atoms. The predicted octanol–water partition coefficient (Wildman–Crippen LogP) is 4.95. The van der Waals surface area contributed by atoms with E-state index in [1.54, 1.807) is 7.11 Å². The molecule has 1 unspecified atom stereocenters. The fourth-order valence-corrected chi connectivity index (χ4v) is 4.23. The van der Waals surface area contributed by atoms with E-state index in [9.17, 15) is 4.79 Å². The van der Waals surface area contributed by atoms with Gasteiger partial charge in [0.2, 0.25) is 0 Å².